The molecule has 0 radical (unpaired) electrons. The summed E-state index contributed by atoms with van der Waals surface area (Å²) in [5.74, 6) is 1.65. The summed E-state index contributed by atoms with van der Waals surface area (Å²) in [6.45, 7) is 13.3. The van der Waals surface area contributed by atoms with E-state index in [0.717, 1.165) is 59.7 Å². The van der Waals surface area contributed by atoms with Crippen LogP contribution in [0.3, 0.4) is 0 Å². The fourth-order valence-electron chi connectivity index (χ4n) is 4.54. The zero-order chi connectivity index (χ0) is 31.1. The summed E-state index contributed by atoms with van der Waals surface area (Å²) in [6, 6.07) is 7.26. The quantitative estimate of drug-likeness (QED) is 0.180. The lowest BCUT2D eigenvalue weighted by atomic mass is 10.0. The third-order valence-electron chi connectivity index (χ3n) is 6.79. The molecule has 228 valence electrons. The molecule has 1 saturated heterocycles. The SMILES string of the molecule is C/C=C(\N=CCC)c1ccnc(Nc2cc(Cl)c3[nH]c(C(C)=O)cc3c2)n1.CCCC(C)CCC.CN1CCCC1=O. The fourth-order valence-corrected chi connectivity index (χ4v) is 4.82. The standard InChI is InChI=1S/C20H20ClN5O.C8H18.C5H9NO/c1-4-7-22-16(5-2)17-6-8-23-20(26-17)24-14-9-13-10-18(12(3)27)25-19(13)15(21)11-14;1-4-6-8(3)7-5-2;1-6-4-2-3-5(6)7/h5-11,25H,4H2,1-3H3,(H,23,24,26);8H,4-7H2,1-3H3;2-4H2,1H3/b16-5-,22-7?;;. The number of benzene rings is 1. The van der Waals surface area contributed by atoms with Gasteiger partial charge >= 0.3 is 0 Å². The number of amides is 1. The number of hydrogen-bond donors (Lipinski definition) is 2. The van der Waals surface area contributed by atoms with Gasteiger partial charge in [-0.05, 0) is 49.9 Å². The zero-order valence-corrected chi connectivity index (χ0v) is 27.0. The van der Waals surface area contributed by atoms with Crippen LogP contribution in [0.4, 0.5) is 11.6 Å². The summed E-state index contributed by atoms with van der Waals surface area (Å²) in [5.41, 5.74) is 3.50. The van der Waals surface area contributed by atoms with Crippen LogP contribution in [0.5, 0.6) is 0 Å². The highest BCUT2D eigenvalue weighted by atomic mass is 35.5. The van der Waals surface area contributed by atoms with Crippen LogP contribution >= 0.6 is 11.6 Å². The van der Waals surface area contributed by atoms with Crippen molar-refractivity contribution >= 4 is 57.7 Å². The van der Waals surface area contributed by atoms with Crippen LogP contribution in [0.2, 0.25) is 5.02 Å². The molecule has 1 aliphatic rings. The molecule has 3 aromatic rings. The Labute approximate surface area is 256 Å². The van der Waals surface area contributed by atoms with Crippen molar-refractivity contribution in [1.82, 2.24) is 19.9 Å². The first-order chi connectivity index (χ1) is 20.1. The zero-order valence-electron chi connectivity index (χ0n) is 26.3. The molecule has 2 aromatic heterocycles. The Kier molecular flexibility index (Phi) is 15.0. The molecule has 0 saturated carbocycles. The Morgan fingerprint density at radius 2 is 1.93 bits per heavy atom. The topological polar surface area (TPSA) is 103 Å². The van der Waals surface area contributed by atoms with Crippen LogP contribution in [-0.4, -0.2) is 51.3 Å². The first kappa shape index (κ1) is 34.7. The number of carbonyl (C=O) groups is 2. The molecule has 0 unspecified atom stereocenters. The second-order valence-electron chi connectivity index (χ2n) is 10.5. The number of allylic oxidation sites excluding steroid dienone is 1. The van der Waals surface area contributed by atoms with E-state index in [1.807, 2.05) is 45.3 Å². The molecule has 1 aromatic carbocycles. The lowest BCUT2D eigenvalue weighted by Crippen LogP contribution is -2.17. The minimum absolute atomic E-state index is 0.0423. The van der Waals surface area contributed by atoms with E-state index in [1.165, 1.54) is 32.6 Å². The number of aliphatic imine (C=N–C) groups is 1. The number of ketones is 1. The maximum Gasteiger partial charge on any atom is 0.227 e. The lowest BCUT2D eigenvalue weighted by molar-refractivity contribution is -0.126. The molecule has 2 N–H and O–H groups in total. The van der Waals surface area contributed by atoms with Crippen molar-refractivity contribution in [3.05, 3.63) is 52.9 Å². The highest BCUT2D eigenvalue weighted by Gasteiger charge is 2.14. The number of Topliss-reactive ketones (excluding diaryl/α,β-unsaturated/α-hetero) is 1. The molecule has 1 aliphatic heterocycles. The van der Waals surface area contributed by atoms with E-state index in [9.17, 15) is 9.59 Å². The Morgan fingerprint density at radius 1 is 1.21 bits per heavy atom. The Balaban J connectivity index is 0.000000335. The van der Waals surface area contributed by atoms with Crippen molar-refractivity contribution in [1.29, 1.82) is 0 Å². The molecule has 1 amide bonds. The second kappa shape index (κ2) is 18.1. The predicted octanol–water partition coefficient (Wildman–Crippen LogP) is 8.86. The molecule has 42 heavy (non-hydrogen) atoms. The summed E-state index contributed by atoms with van der Waals surface area (Å²) in [7, 11) is 1.84. The molecule has 0 atom stereocenters. The van der Waals surface area contributed by atoms with E-state index in [1.54, 1.807) is 23.2 Å². The Morgan fingerprint density at radius 3 is 2.45 bits per heavy atom. The number of nitrogens with zero attached hydrogens (tertiary/aromatic N) is 4. The van der Waals surface area contributed by atoms with Gasteiger partial charge < -0.3 is 15.2 Å². The number of halogens is 1. The first-order valence-electron chi connectivity index (χ1n) is 15.0. The van der Waals surface area contributed by atoms with Crippen LogP contribution in [0.15, 0.2) is 41.5 Å². The number of likely N-dealkylation sites (tertiary alicyclic amines) is 1. The summed E-state index contributed by atoms with van der Waals surface area (Å²) >= 11 is 6.36. The molecule has 1 fully saturated rings. The largest absolute Gasteiger partial charge is 0.351 e. The summed E-state index contributed by atoms with van der Waals surface area (Å²) < 4.78 is 0. The summed E-state index contributed by atoms with van der Waals surface area (Å²) in [6.07, 6.45) is 13.6. The Hall–Kier alpha value is -3.52. The van der Waals surface area contributed by atoms with Gasteiger partial charge in [0, 0.05) is 50.4 Å². The van der Waals surface area contributed by atoms with Gasteiger partial charge in [0.25, 0.3) is 0 Å². The number of carbonyl (C=O) groups excluding carboxylic acids is 2. The van der Waals surface area contributed by atoms with Crippen LogP contribution < -0.4 is 5.32 Å². The van der Waals surface area contributed by atoms with Gasteiger partial charge in [0.15, 0.2) is 5.78 Å². The maximum atomic E-state index is 11.6. The average Bonchev–Trinajstić information content (AvgIpc) is 3.56. The summed E-state index contributed by atoms with van der Waals surface area (Å²) in [4.78, 5) is 40.1. The van der Waals surface area contributed by atoms with Crippen LogP contribution in [0, 0.1) is 5.92 Å². The normalized spacial score (nSPS) is 13.3. The van der Waals surface area contributed by atoms with Crippen LogP contribution in [-0.2, 0) is 4.79 Å². The molecule has 9 heteroatoms. The van der Waals surface area contributed by atoms with Gasteiger partial charge in [-0.1, -0.05) is 71.1 Å². The Bertz CT molecular complexity index is 1360. The van der Waals surface area contributed by atoms with Gasteiger partial charge in [-0.3, -0.25) is 14.6 Å². The van der Waals surface area contributed by atoms with E-state index < -0.39 is 0 Å². The fraction of sp³-hybridized carbons (Fsp3) is 0.485. The van der Waals surface area contributed by atoms with Gasteiger partial charge in [0.05, 0.1) is 27.6 Å². The van der Waals surface area contributed by atoms with Gasteiger partial charge in [-0.25, -0.2) is 9.97 Å². The van der Waals surface area contributed by atoms with Crippen molar-refractivity contribution < 1.29 is 9.59 Å². The highest BCUT2D eigenvalue weighted by Crippen LogP contribution is 2.29. The van der Waals surface area contributed by atoms with Gasteiger partial charge in [-0.2, -0.15) is 0 Å². The van der Waals surface area contributed by atoms with E-state index in [0.29, 0.717) is 22.6 Å². The predicted molar refractivity (Wildman–Crippen MR) is 177 cm³/mol. The van der Waals surface area contributed by atoms with Crippen molar-refractivity contribution in [3.8, 4) is 0 Å². The minimum atomic E-state index is -0.0423. The second-order valence-corrected chi connectivity index (χ2v) is 11.0. The number of nitrogens with one attached hydrogen (secondary N) is 2. The monoisotopic (exact) mass is 594 g/mol. The number of aromatic amines is 1. The molecule has 8 nitrogen and oxygen atoms in total. The van der Waals surface area contributed by atoms with E-state index >= 15 is 0 Å². The summed E-state index contributed by atoms with van der Waals surface area (Å²) in [5, 5.41) is 4.52. The van der Waals surface area contributed by atoms with E-state index in [4.69, 9.17) is 11.6 Å². The van der Waals surface area contributed by atoms with Gasteiger partial charge in [-0.15, -0.1) is 0 Å². The number of anilines is 2. The molecular formula is C33H47ClN6O2. The maximum absolute atomic E-state index is 11.6. The van der Waals surface area contributed by atoms with E-state index in [-0.39, 0.29) is 5.78 Å². The third kappa shape index (κ3) is 11.0. The van der Waals surface area contributed by atoms with Crippen LogP contribution in [0.25, 0.3) is 16.6 Å². The molecule has 0 bridgehead atoms. The molecule has 0 aliphatic carbocycles. The first-order valence-corrected chi connectivity index (χ1v) is 15.4. The van der Waals surface area contributed by atoms with Crippen LogP contribution in [0.1, 0.15) is 103 Å². The average molecular weight is 595 g/mol. The molecule has 0 spiro atoms. The number of H-pyrrole nitrogens is 1. The highest BCUT2D eigenvalue weighted by molar-refractivity contribution is 6.35. The lowest BCUT2D eigenvalue weighted by Gasteiger charge is -2.08. The van der Waals surface area contributed by atoms with Crippen molar-refractivity contribution in [2.24, 2.45) is 10.9 Å². The van der Waals surface area contributed by atoms with Crippen molar-refractivity contribution in [3.63, 3.8) is 0 Å². The third-order valence-corrected chi connectivity index (χ3v) is 7.09. The number of fused-ring (bicyclic) bond motifs is 1. The smallest absolute Gasteiger partial charge is 0.227 e. The number of aromatic nitrogens is 3. The van der Waals surface area contributed by atoms with Gasteiger partial charge in [0.1, 0.15) is 0 Å². The van der Waals surface area contributed by atoms with Crippen molar-refractivity contribution in [2.45, 2.75) is 86.5 Å². The molecule has 3 heterocycles. The minimum Gasteiger partial charge on any atom is -0.351 e. The van der Waals surface area contributed by atoms with Gasteiger partial charge in [0.2, 0.25) is 11.9 Å². The molecule has 4 rings (SSSR count). The molecular weight excluding hydrogens is 548 g/mol. The van der Waals surface area contributed by atoms with Crippen molar-refractivity contribution in [2.75, 3.05) is 18.9 Å². The van der Waals surface area contributed by atoms with E-state index in [2.05, 4.69) is 46.0 Å². The number of rotatable bonds is 10. The number of hydrogen-bond acceptors (Lipinski definition) is 6.